The number of carbonyl (C=O) groups excluding carboxylic acids is 2. The summed E-state index contributed by atoms with van der Waals surface area (Å²) in [6, 6.07) is 24.3. The van der Waals surface area contributed by atoms with Crippen molar-refractivity contribution in [2.75, 3.05) is 26.1 Å². The fourth-order valence-corrected chi connectivity index (χ4v) is 4.29. The second kappa shape index (κ2) is 12.1. The van der Waals surface area contributed by atoms with Gasteiger partial charge in [-0.15, -0.1) is 0 Å². The topological polar surface area (TPSA) is 85.7 Å². The van der Waals surface area contributed by atoms with E-state index >= 15 is 0 Å². The Morgan fingerprint density at radius 1 is 0.900 bits per heavy atom. The Balaban J connectivity index is 1.66. The number of amides is 2. The van der Waals surface area contributed by atoms with Crippen molar-refractivity contribution in [2.24, 2.45) is 0 Å². The third-order valence-corrected chi connectivity index (χ3v) is 6.53. The van der Waals surface area contributed by atoms with E-state index in [2.05, 4.69) is 26.1 Å². The van der Waals surface area contributed by atoms with Gasteiger partial charge in [0.25, 0.3) is 5.91 Å². The molecule has 40 heavy (non-hydrogen) atoms. The van der Waals surface area contributed by atoms with Crippen molar-refractivity contribution in [3.63, 3.8) is 0 Å². The molecule has 4 aromatic rings. The van der Waals surface area contributed by atoms with Crippen molar-refractivity contribution >= 4 is 17.6 Å². The van der Waals surface area contributed by atoms with Gasteiger partial charge >= 0.3 is 0 Å². The Hall–Kier alpha value is -4.59. The predicted molar refractivity (Wildman–Crippen MR) is 156 cm³/mol. The molecule has 0 aliphatic carbocycles. The molecule has 0 spiro atoms. The lowest BCUT2D eigenvalue weighted by Gasteiger charge is -2.23. The van der Waals surface area contributed by atoms with Gasteiger partial charge in [-0.3, -0.25) is 9.59 Å². The van der Waals surface area contributed by atoms with Crippen molar-refractivity contribution in [2.45, 2.75) is 39.7 Å². The minimum absolute atomic E-state index is 0.170. The molecule has 8 heteroatoms. The number of methoxy groups -OCH3 is 2. The Labute approximate surface area is 235 Å². The molecule has 0 atom stereocenters. The van der Waals surface area contributed by atoms with Crippen LogP contribution in [0.2, 0.25) is 0 Å². The van der Waals surface area contributed by atoms with E-state index in [1.54, 1.807) is 22.9 Å². The van der Waals surface area contributed by atoms with Gasteiger partial charge in [-0.2, -0.15) is 5.10 Å². The van der Waals surface area contributed by atoms with Gasteiger partial charge in [0, 0.05) is 29.7 Å². The number of anilines is 1. The molecular weight excluding hydrogens is 504 g/mol. The fraction of sp³-hybridized carbons (Fsp3) is 0.281. The number of ether oxygens (including phenoxy) is 2. The zero-order valence-electron chi connectivity index (χ0n) is 23.9. The zero-order chi connectivity index (χ0) is 28.9. The average Bonchev–Trinajstić information content (AvgIpc) is 3.36. The van der Waals surface area contributed by atoms with E-state index in [1.165, 1.54) is 19.1 Å². The van der Waals surface area contributed by atoms with Crippen molar-refractivity contribution < 1.29 is 19.1 Å². The Kier molecular flexibility index (Phi) is 8.58. The summed E-state index contributed by atoms with van der Waals surface area (Å²) in [6.45, 7) is 8.30. The highest BCUT2D eigenvalue weighted by atomic mass is 16.5. The van der Waals surface area contributed by atoms with Crippen LogP contribution in [-0.4, -0.2) is 47.3 Å². The minimum Gasteiger partial charge on any atom is -0.497 e. The predicted octanol–water partition coefficient (Wildman–Crippen LogP) is 5.78. The highest BCUT2D eigenvalue weighted by molar-refractivity contribution is 5.99. The average molecular weight is 541 g/mol. The Bertz CT molecular complexity index is 1470. The Morgan fingerprint density at radius 2 is 1.52 bits per heavy atom. The van der Waals surface area contributed by atoms with Crippen LogP contribution >= 0.6 is 0 Å². The maximum Gasteiger partial charge on any atom is 0.254 e. The quantitative estimate of drug-likeness (QED) is 0.291. The first kappa shape index (κ1) is 28.4. The maximum atomic E-state index is 13.8. The van der Waals surface area contributed by atoms with Gasteiger partial charge in [0.05, 0.1) is 25.6 Å². The number of para-hydroxylation sites is 1. The van der Waals surface area contributed by atoms with Gasteiger partial charge in [-0.25, -0.2) is 4.68 Å². The first-order chi connectivity index (χ1) is 19.1. The van der Waals surface area contributed by atoms with Crippen LogP contribution in [0.15, 0.2) is 78.9 Å². The molecule has 0 fully saturated rings. The van der Waals surface area contributed by atoms with Crippen LogP contribution in [0, 0.1) is 6.92 Å². The molecule has 1 heterocycles. The summed E-state index contributed by atoms with van der Waals surface area (Å²) >= 11 is 0. The molecule has 1 N–H and O–H groups in total. The van der Waals surface area contributed by atoms with Gasteiger partial charge in [0.2, 0.25) is 5.91 Å². The molecule has 208 valence electrons. The molecule has 4 rings (SSSR count). The number of aromatic nitrogens is 2. The van der Waals surface area contributed by atoms with Crippen LogP contribution in [0.4, 0.5) is 5.82 Å². The summed E-state index contributed by atoms with van der Waals surface area (Å²) in [5.41, 5.74) is 3.77. The van der Waals surface area contributed by atoms with Crippen LogP contribution < -0.4 is 14.8 Å². The zero-order valence-corrected chi connectivity index (χ0v) is 23.9. The highest BCUT2D eigenvalue weighted by Gasteiger charge is 2.25. The standard InChI is InChI=1S/C32H36N4O4/c1-22-12-10-11-15-27(22)36-29(19-28(34-36)32(2,3)4)33-30(37)21-35(20-23-13-8-7-9-14-23)31(38)24-16-25(39-5)18-26(17-24)40-6/h7-19H,20-21H2,1-6H3,(H,33,37). The van der Waals surface area contributed by atoms with Gasteiger partial charge < -0.3 is 19.7 Å². The van der Waals surface area contributed by atoms with Crippen molar-refractivity contribution in [3.8, 4) is 17.2 Å². The van der Waals surface area contributed by atoms with Crippen molar-refractivity contribution in [1.29, 1.82) is 0 Å². The fourth-order valence-electron chi connectivity index (χ4n) is 4.29. The summed E-state index contributed by atoms with van der Waals surface area (Å²) in [5, 5.41) is 7.84. The minimum atomic E-state index is -0.339. The molecule has 0 saturated carbocycles. The number of nitrogens with one attached hydrogen (secondary N) is 1. The van der Waals surface area contributed by atoms with Crippen LogP contribution in [0.5, 0.6) is 11.5 Å². The third-order valence-electron chi connectivity index (χ3n) is 6.53. The molecule has 3 aromatic carbocycles. The van der Waals surface area contributed by atoms with E-state index < -0.39 is 0 Å². The normalized spacial score (nSPS) is 11.2. The molecule has 2 amide bonds. The van der Waals surface area contributed by atoms with Crippen LogP contribution in [-0.2, 0) is 16.8 Å². The molecule has 0 saturated heterocycles. The third kappa shape index (κ3) is 6.69. The number of aryl methyl sites for hydroxylation is 1. The van der Waals surface area contributed by atoms with Crippen LogP contribution in [0.3, 0.4) is 0 Å². The number of hydrogen-bond acceptors (Lipinski definition) is 5. The molecule has 0 radical (unpaired) electrons. The molecule has 0 aliphatic heterocycles. The highest BCUT2D eigenvalue weighted by Crippen LogP contribution is 2.28. The summed E-state index contributed by atoms with van der Waals surface area (Å²) in [4.78, 5) is 28.8. The van der Waals surface area contributed by atoms with E-state index in [9.17, 15) is 9.59 Å². The first-order valence-corrected chi connectivity index (χ1v) is 13.1. The number of hydrogen-bond donors (Lipinski definition) is 1. The largest absolute Gasteiger partial charge is 0.497 e. The SMILES string of the molecule is COc1cc(OC)cc(C(=O)N(CC(=O)Nc2cc(C(C)(C)C)nn2-c2ccccc2C)Cc2ccccc2)c1. The number of nitrogens with zero attached hydrogens (tertiary/aromatic N) is 3. The molecule has 1 aromatic heterocycles. The number of rotatable bonds is 9. The smallest absolute Gasteiger partial charge is 0.254 e. The van der Waals surface area contributed by atoms with Crippen LogP contribution in [0.1, 0.15) is 48.0 Å². The number of carbonyl (C=O) groups is 2. The van der Waals surface area contributed by atoms with Crippen LogP contribution in [0.25, 0.3) is 5.69 Å². The van der Waals surface area contributed by atoms with E-state index in [0.717, 1.165) is 22.5 Å². The lowest BCUT2D eigenvalue weighted by molar-refractivity contribution is -0.117. The van der Waals surface area contributed by atoms with Gasteiger partial charge in [-0.05, 0) is 36.2 Å². The molecule has 8 nitrogen and oxygen atoms in total. The first-order valence-electron chi connectivity index (χ1n) is 13.1. The molecule has 0 unspecified atom stereocenters. The summed E-state index contributed by atoms with van der Waals surface area (Å²) in [5.74, 6) is 0.861. The lowest BCUT2D eigenvalue weighted by Crippen LogP contribution is -2.38. The molecule has 0 bridgehead atoms. The molecule has 0 aliphatic rings. The van der Waals surface area contributed by atoms with Crippen molar-refractivity contribution in [3.05, 3.63) is 101 Å². The van der Waals surface area contributed by atoms with Gasteiger partial charge in [-0.1, -0.05) is 69.3 Å². The second-order valence-corrected chi connectivity index (χ2v) is 10.7. The van der Waals surface area contributed by atoms with E-state index in [4.69, 9.17) is 14.6 Å². The van der Waals surface area contributed by atoms with Gasteiger partial charge in [0.15, 0.2) is 0 Å². The van der Waals surface area contributed by atoms with E-state index in [1.807, 2.05) is 67.6 Å². The number of benzene rings is 3. The summed E-state index contributed by atoms with van der Waals surface area (Å²) < 4.78 is 12.5. The lowest BCUT2D eigenvalue weighted by atomic mass is 9.92. The summed E-state index contributed by atoms with van der Waals surface area (Å²) in [7, 11) is 3.06. The van der Waals surface area contributed by atoms with E-state index in [-0.39, 0.29) is 30.3 Å². The van der Waals surface area contributed by atoms with Crippen molar-refractivity contribution in [1.82, 2.24) is 14.7 Å². The Morgan fingerprint density at radius 3 is 2.12 bits per heavy atom. The monoisotopic (exact) mass is 540 g/mol. The second-order valence-electron chi connectivity index (χ2n) is 10.7. The van der Waals surface area contributed by atoms with E-state index in [0.29, 0.717) is 22.9 Å². The summed E-state index contributed by atoms with van der Waals surface area (Å²) in [6.07, 6.45) is 0. The molecular formula is C32H36N4O4. The van der Waals surface area contributed by atoms with Gasteiger partial charge in [0.1, 0.15) is 23.9 Å². The maximum absolute atomic E-state index is 13.8.